The van der Waals surface area contributed by atoms with Crippen molar-refractivity contribution in [2.75, 3.05) is 13.1 Å². The molecule has 0 saturated carbocycles. The fraction of sp³-hybridized carbons (Fsp3) is 0.364. The quantitative estimate of drug-likeness (QED) is 0.870. The molecule has 1 N–H and O–H groups in total. The largest absolute Gasteiger partial charge is 0.507 e. The zero-order chi connectivity index (χ0) is 11.4. The lowest BCUT2D eigenvalue weighted by Gasteiger charge is -2.19. The van der Waals surface area contributed by atoms with E-state index >= 15 is 0 Å². The summed E-state index contributed by atoms with van der Waals surface area (Å²) in [5.41, 5.74) is 0.380. The molecule has 0 aromatic heterocycles. The normalized spacial score (nSPS) is 10.1. The number of amides is 1. The molecule has 0 fully saturated rings. The lowest BCUT2D eigenvalue weighted by Crippen LogP contribution is -2.30. The van der Waals surface area contributed by atoms with Gasteiger partial charge in [-0.3, -0.25) is 4.79 Å². The van der Waals surface area contributed by atoms with Crippen molar-refractivity contribution in [3.63, 3.8) is 0 Å². The van der Waals surface area contributed by atoms with Crippen LogP contribution in [0.15, 0.2) is 18.2 Å². The van der Waals surface area contributed by atoms with Gasteiger partial charge in [-0.2, -0.15) is 0 Å². The van der Waals surface area contributed by atoms with Gasteiger partial charge in [-0.1, -0.05) is 0 Å². The Balaban J connectivity index is 3.04. The Kier molecular flexibility index (Phi) is 4.38. The molecule has 0 aliphatic carbocycles. The highest BCUT2D eigenvalue weighted by Gasteiger charge is 2.16. The predicted octanol–water partition coefficient (Wildman–Crippen LogP) is 2.48. The number of hydrogen-bond donors (Lipinski definition) is 1. The van der Waals surface area contributed by atoms with Crippen LogP contribution in [0.25, 0.3) is 0 Å². The summed E-state index contributed by atoms with van der Waals surface area (Å²) in [6.07, 6.45) is 0. The van der Waals surface area contributed by atoms with Crippen LogP contribution in [0.3, 0.4) is 0 Å². The maximum absolute atomic E-state index is 11.9. The summed E-state index contributed by atoms with van der Waals surface area (Å²) >= 11 is 2.12. The van der Waals surface area contributed by atoms with Gasteiger partial charge in [0.05, 0.1) is 5.56 Å². The fourth-order valence-electron chi connectivity index (χ4n) is 1.36. The van der Waals surface area contributed by atoms with Gasteiger partial charge in [-0.25, -0.2) is 0 Å². The summed E-state index contributed by atoms with van der Waals surface area (Å²) in [5.74, 6) is -0.0664. The van der Waals surface area contributed by atoms with Crippen LogP contribution in [-0.2, 0) is 0 Å². The minimum absolute atomic E-state index is 0.0484. The van der Waals surface area contributed by atoms with Gasteiger partial charge in [0, 0.05) is 16.7 Å². The van der Waals surface area contributed by atoms with Crippen molar-refractivity contribution in [3.8, 4) is 5.75 Å². The Morgan fingerprint density at radius 3 is 2.53 bits per heavy atom. The number of benzene rings is 1. The molecule has 3 nitrogen and oxygen atoms in total. The number of rotatable bonds is 3. The second-order valence-corrected chi connectivity index (χ2v) is 4.38. The Hall–Kier alpha value is -0.780. The summed E-state index contributed by atoms with van der Waals surface area (Å²) in [6, 6.07) is 5.03. The number of phenols is 1. The zero-order valence-electron chi connectivity index (χ0n) is 8.83. The molecule has 4 heteroatoms. The summed E-state index contributed by atoms with van der Waals surface area (Å²) in [6.45, 7) is 5.15. The Labute approximate surface area is 103 Å². The first-order valence-corrected chi connectivity index (χ1v) is 5.95. The number of hydrogen-bond acceptors (Lipinski definition) is 2. The van der Waals surface area contributed by atoms with E-state index in [0.29, 0.717) is 18.7 Å². The molecule has 0 aliphatic heterocycles. The minimum atomic E-state index is -0.115. The summed E-state index contributed by atoms with van der Waals surface area (Å²) < 4.78 is 0.945. The lowest BCUT2D eigenvalue weighted by atomic mass is 10.1. The molecule has 82 valence electrons. The molecular weight excluding hydrogens is 305 g/mol. The van der Waals surface area contributed by atoms with Gasteiger partial charge in [0.1, 0.15) is 5.75 Å². The summed E-state index contributed by atoms with van der Waals surface area (Å²) in [5, 5.41) is 9.59. The van der Waals surface area contributed by atoms with Gasteiger partial charge in [-0.05, 0) is 54.6 Å². The van der Waals surface area contributed by atoms with Gasteiger partial charge >= 0.3 is 0 Å². The van der Waals surface area contributed by atoms with Crippen LogP contribution in [0.4, 0.5) is 0 Å². The van der Waals surface area contributed by atoms with Crippen LogP contribution in [-0.4, -0.2) is 29.0 Å². The van der Waals surface area contributed by atoms with E-state index in [-0.39, 0.29) is 11.7 Å². The van der Waals surface area contributed by atoms with Crippen molar-refractivity contribution in [1.82, 2.24) is 4.90 Å². The van der Waals surface area contributed by atoms with Crippen LogP contribution < -0.4 is 0 Å². The van der Waals surface area contributed by atoms with Gasteiger partial charge < -0.3 is 10.0 Å². The van der Waals surface area contributed by atoms with Crippen molar-refractivity contribution >= 4 is 28.5 Å². The number of halogens is 1. The maximum Gasteiger partial charge on any atom is 0.257 e. The number of carbonyl (C=O) groups excluding carboxylic acids is 1. The van der Waals surface area contributed by atoms with E-state index < -0.39 is 0 Å². The van der Waals surface area contributed by atoms with Crippen LogP contribution in [0.1, 0.15) is 24.2 Å². The van der Waals surface area contributed by atoms with Gasteiger partial charge in [0.25, 0.3) is 5.91 Å². The molecule has 15 heavy (non-hydrogen) atoms. The van der Waals surface area contributed by atoms with E-state index in [0.717, 1.165) is 3.57 Å². The molecule has 0 bridgehead atoms. The first-order valence-electron chi connectivity index (χ1n) is 4.88. The molecule has 0 unspecified atom stereocenters. The third-order valence-electron chi connectivity index (χ3n) is 2.24. The number of nitrogens with zero attached hydrogens (tertiary/aromatic N) is 1. The molecule has 0 atom stereocenters. The van der Waals surface area contributed by atoms with E-state index in [1.165, 1.54) is 0 Å². The molecule has 0 spiro atoms. The zero-order valence-corrected chi connectivity index (χ0v) is 11.0. The third kappa shape index (κ3) is 2.84. The topological polar surface area (TPSA) is 40.5 Å². The van der Waals surface area contributed by atoms with E-state index in [4.69, 9.17) is 0 Å². The van der Waals surface area contributed by atoms with Gasteiger partial charge in [0.2, 0.25) is 0 Å². The first kappa shape index (κ1) is 12.3. The monoisotopic (exact) mass is 319 g/mol. The van der Waals surface area contributed by atoms with Gasteiger partial charge in [-0.15, -0.1) is 0 Å². The van der Waals surface area contributed by atoms with E-state index in [2.05, 4.69) is 22.6 Å². The molecule has 1 aromatic carbocycles. The second kappa shape index (κ2) is 5.34. The standard InChI is InChI=1S/C11H14INO2/c1-3-13(4-2)11(15)9-7-8(12)5-6-10(9)14/h5-7,14H,3-4H2,1-2H3. The van der Waals surface area contributed by atoms with Crippen molar-refractivity contribution in [2.24, 2.45) is 0 Å². The van der Waals surface area contributed by atoms with Crippen molar-refractivity contribution in [2.45, 2.75) is 13.8 Å². The second-order valence-electron chi connectivity index (χ2n) is 3.14. The Morgan fingerprint density at radius 1 is 1.40 bits per heavy atom. The van der Waals surface area contributed by atoms with E-state index in [1.54, 1.807) is 23.1 Å². The average Bonchev–Trinajstić information content (AvgIpc) is 2.23. The number of phenolic OH excluding ortho intramolecular Hbond substituents is 1. The highest BCUT2D eigenvalue weighted by molar-refractivity contribution is 14.1. The van der Waals surface area contributed by atoms with E-state index in [9.17, 15) is 9.90 Å². The molecule has 0 saturated heterocycles. The van der Waals surface area contributed by atoms with Crippen molar-refractivity contribution in [3.05, 3.63) is 27.3 Å². The number of carbonyl (C=O) groups is 1. The third-order valence-corrected chi connectivity index (χ3v) is 2.91. The van der Waals surface area contributed by atoms with Gasteiger partial charge in [0.15, 0.2) is 0 Å². The Morgan fingerprint density at radius 2 is 2.00 bits per heavy atom. The fourth-order valence-corrected chi connectivity index (χ4v) is 1.85. The summed E-state index contributed by atoms with van der Waals surface area (Å²) in [7, 11) is 0. The summed E-state index contributed by atoms with van der Waals surface area (Å²) in [4.78, 5) is 13.6. The first-order chi connectivity index (χ1) is 7.10. The minimum Gasteiger partial charge on any atom is -0.507 e. The van der Waals surface area contributed by atoms with Crippen LogP contribution in [0, 0.1) is 3.57 Å². The maximum atomic E-state index is 11.9. The molecule has 1 aromatic rings. The highest BCUT2D eigenvalue weighted by atomic mass is 127. The SMILES string of the molecule is CCN(CC)C(=O)c1cc(I)ccc1O. The van der Waals surface area contributed by atoms with Crippen LogP contribution in [0.5, 0.6) is 5.75 Å². The lowest BCUT2D eigenvalue weighted by molar-refractivity contribution is 0.0770. The molecule has 1 rings (SSSR count). The number of aromatic hydroxyl groups is 1. The molecule has 0 heterocycles. The molecule has 0 aliphatic rings. The molecule has 1 amide bonds. The highest BCUT2D eigenvalue weighted by Crippen LogP contribution is 2.21. The Bertz CT molecular complexity index is 362. The smallest absolute Gasteiger partial charge is 0.257 e. The van der Waals surface area contributed by atoms with Crippen LogP contribution >= 0.6 is 22.6 Å². The van der Waals surface area contributed by atoms with E-state index in [1.807, 2.05) is 13.8 Å². The predicted molar refractivity (Wildman–Crippen MR) is 68.1 cm³/mol. The molecule has 0 radical (unpaired) electrons. The van der Waals surface area contributed by atoms with Crippen LogP contribution in [0.2, 0.25) is 0 Å². The molecular formula is C11H14INO2. The average molecular weight is 319 g/mol. The van der Waals surface area contributed by atoms with Crippen molar-refractivity contribution < 1.29 is 9.90 Å². The van der Waals surface area contributed by atoms with Crippen molar-refractivity contribution in [1.29, 1.82) is 0 Å².